The summed E-state index contributed by atoms with van der Waals surface area (Å²) in [5.74, 6) is -0.755. The molecule has 182 valence electrons. The van der Waals surface area contributed by atoms with Gasteiger partial charge in [0.1, 0.15) is 10.6 Å². The molecule has 1 fully saturated rings. The van der Waals surface area contributed by atoms with Crippen LogP contribution >= 0.6 is 11.3 Å². The Labute approximate surface area is 206 Å². The first-order valence-corrected chi connectivity index (χ1v) is 12.5. The summed E-state index contributed by atoms with van der Waals surface area (Å²) < 4.78 is 7.45. The molecule has 35 heavy (non-hydrogen) atoms. The fourth-order valence-corrected chi connectivity index (χ4v) is 5.90. The fraction of sp³-hybridized carbons (Fsp3) is 0.385. The lowest BCUT2D eigenvalue weighted by atomic mass is 9.80. The number of carboxylic acid groups (broad SMARTS) is 1. The molecule has 1 N–H and O–H groups in total. The monoisotopic (exact) mass is 493 g/mol. The Kier molecular flexibility index (Phi) is 5.75. The molecule has 0 bridgehead atoms. The van der Waals surface area contributed by atoms with Gasteiger partial charge in [0.05, 0.1) is 12.8 Å². The molecule has 1 unspecified atom stereocenters. The van der Waals surface area contributed by atoms with Gasteiger partial charge in [-0.3, -0.25) is 9.59 Å². The number of likely N-dealkylation sites (tertiary alicyclic amines) is 1. The Morgan fingerprint density at radius 2 is 1.97 bits per heavy atom. The lowest BCUT2D eigenvalue weighted by Crippen LogP contribution is -2.47. The molecule has 8 nitrogen and oxygen atoms in total. The molecule has 1 amide bonds. The lowest BCUT2D eigenvalue weighted by Gasteiger charge is -2.41. The molecule has 1 atom stereocenters. The molecule has 9 heteroatoms. The molecular weight excluding hydrogens is 466 g/mol. The van der Waals surface area contributed by atoms with Crippen molar-refractivity contribution in [1.29, 1.82) is 0 Å². The van der Waals surface area contributed by atoms with E-state index >= 15 is 0 Å². The van der Waals surface area contributed by atoms with Crippen molar-refractivity contribution in [3.63, 3.8) is 0 Å². The number of ether oxygens (including phenoxy) is 1. The highest BCUT2D eigenvalue weighted by Gasteiger charge is 2.36. The average Bonchev–Trinajstić information content (AvgIpc) is 3.30. The first kappa shape index (κ1) is 23.3. The smallest absolute Gasteiger partial charge is 0.341 e. The second-order valence-corrected chi connectivity index (χ2v) is 10.4. The normalized spacial score (nSPS) is 17.1. The van der Waals surface area contributed by atoms with Gasteiger partial charge in [-0.25, -0.2) is 9.78 Å². The Bertz CT molecular complexity index is 1390. The van der Waals surface area contributed by atoms with Crippen molar-refractivity contribution in [1.82, 2.24) is 14.5 Å². The van der Waals surface area contributed by atoms with Gasteiger partial charge < -0.3 is 19.3 Å². The maximum absolute atomic E-state index is 13.1. The maximum atomic E-state index is 13.1. The second kappa shape index (κ2) is 8.64. The van der Waals surface area contributed by atoms with E-state index in [2.05, 4.69) is 31.0 Å². The number of amides is 1. The third-order valence-electron chi connectivity index (χ3n) is 7.14. The summed E-state index contributed by atoms with van der Waals surface area (Å²) in [6.45, 7) is 7.10. The van der Waals surface area contributed by atoms with Crippen molar-refractivity contribution in [2.75, 3.05) is 20.2 Å². The molecule has 0 aliphatic carbocycles. The van der Waals surface area contributed by atoms with Crippen LogP contribution in [0.1, 0.15) is 54.2 Å². The molecule has 2 aliphatic heterocycles. The van der Waals surface area contributed by atoms with Crippen molar-refractivity contribution >= 4 is 23.2 Å². The number of carboxylic acids is 1. The fourth-order valence-electron chi connectivity index (χ4n) is 5.22. The van der Waals surface area contributed by atoms with Crippen molar-refractivity contribution < 1.29 is 19.4 Å². The number of thiazole rings is 1. The van der Waals surface area contributed by atoms with Crippen LogP contribution < -0.4 is 10.2 Å². The predicted octanol–water partition coefficient (Wildman–Crippen LogP) is 4.04. The number of benzene rings is 1. The third kappa shape index (κ3) is 3.74. The van der Waals surface area contributed by atoms with E-state index in [1.807, 2.05) is 14.8 Å². The standard InChI is InChI=1S/C26H27N3O5S/c1-13(2)21-8-15-7-17(16-10-28(11-16)14(3)30)19(25-27-5-6-35-25)9-18(15)22-24(34-4)23(31)20(26(32)33)12-29(21)22/h5-7,9,12-13,16,21H,8,10-11H2,1-4H3,(H,32,33). The number of pyridine rings is 1. The summed E-state index contributed by atoms with van der Waals surface area (Å²) >= 11 is 1.54. The van der Waals surface area contributed by atoms with Crippen LogP contribution in [0.5, 0.6) is 5.75 Å². The highest BCUT2D eigenvalue weighted by Crippen LogP contribution is 2.46. The zero-order valence-electron chi connectivity index (χ0n) is 20.1. The van der Waals surface area contributed by atoms with Crippen LogP contribution in [0.25, 0.3) is 21.8 Å². The first-order valence-electron chi connectivity index (χ1n) is 11.6. The van der Waals surface area contributed by atoms with Crippen molar-refractivity contribution in [2.45, 2.75) is 39.2 Å². The molecule has 2 aliphatic rings. The summed E-state index contributed by atoms with van der Waals surface area (Å²) in [4.78, 5) is 43.1. The van der Waals surface area contributed by atoms with E-state index < -0.39 is 11.4 Å². The highest BCUT2D eigenvalue weighted by molar-refractivity contribution is 7.13. The van der Waals surface area contributed by atoms with E-state index in [1.54, 1.807) is 13.1 Å². The predicted molar refractivity (Wildman–Crippen MR) is 133 cm³/mol. The molecule has 1 aromatic carbocycles. The molecule has 3 aromatic rings. The Hall–Kier alpha value is -3.46. The van der Waals surface area contributed by atoms with Gasteiger partial charge in [0.2, 0.25) is 11.3 Å². The molecular formula is C26H27N3O5S. The highest BCUT2D eigenvalue weighted by atomic mass is 32.1. The summed E-state index contributed by atoms with van der Waals surface area (Å²) in [5.41, 5.74) is 3.73. The van der Waals surface area contributed by atoms with E-state index in [9.17, 15) is 19.5 Å². The second-order valence-electron chi connectivity index (χ2n) is 9.54. The molecule has 2 aromatic heterocycles. The van der Waals surface area contributed by atoms with Gasteiger partial charge in [-0.05, 0) is 29.5 Å². The largest absolute Gasteiger partial charge is 0.491 e. The van der Waals surface area contributed by atoms with Crippen LogP contribution in [0, 0.1) is 5.92 Å². The molecule has 4 heterocycles. The third-order valence-corrected chi connectivity index (χ3v) is 7.95. The molecule has 0 radical (unpaired) electrons. The zero-order chi connectivity index (χ0) is 25.0. The van der Waals surface area contributed by atoms with Gasteiger partial charge in [0.25, 0.3) is 0 Å². The molecule has 1 saturated heterocycles. The SMILES string of the molecule is COc1c2n(cc(C(=O)O)c1=O)C(C(C)C)Cc1cc(C3CN(C(C)=O)C3)c(-c3nccs3)cc1-2. The number of hydrogen-bond donors (Lipinski definition) is 1. The molecule has 5 rings (SSSR count). The number of aromatic nitrogens is 2. The zero-order valence-corrected chi connectivity index (χ0v) is 20.9. The summed E-state index contributed by atoms with van der Waals surface area (Å²) in [6, 6.07) is 4.21. The summed E-state index contributed by atoms with van der Waals surface area (Å²) in [5, 5.41) is 12.5. The topological polar surface area (TPSA) is 102 Å². The molecule has 0 spiro atoms. The Morgan fingerprint density at radius 3 is 2.54 bits per heavy atom. The van der Waals surface area contributed by atoms with Crippen LogP contribution in [0.15, 0.2) is 34.7 Å². The number of nitrogens with zero attached hydrogens (tertiary/aromatic N) is 3. The van der Waals surface area contributed by atoms with Crippen molar-refractivity contribution in [3.05, 3.63) is 56.8 Å². The summed E-state index contributed by atoms with van der Waals surface area (Å²) in [7, 11) is 1.41. The number of hydrogen-bond acceptors (Lipinski definition) is 6. The van der Waals surface area contributed by atoms with Gasteiger partial charge in [-0.1, -0.05) is 19.9 Å². The van der Waals surface area contributed by atoms with Crippen LogP contribution in [-0.4, -0.2) is 51.6 Å². The number of aromatic carboxylic acids is 1. The quantitative estimate of drug-likeness (QED) is 0.576. The number of carbonyl (C=O) groups excluding carboxylic acids is 1. The van der Waals surface area contributed by atoms with Gasteiger partial charge in [-0.15, -0.1) is 11.3 Å². The van der Waals surface area contributed by atoms with Gasteiger partial charge in [-0.2, -0.15) is 0 Å². The summed E-state index contributed by atoms with van der Waals surface area (Å²) in [6.07, 6.45) is 3.92. The molecule has 0 saturated carbocycles. The minimum Gasteiger partial charge on any atom is -0.491 e. The van der Waals surface area contributed by atoms with Crippen LogP contribution in [-0.2, 0) is 11.2 Å². The lowest BCUT2D eigenvalue weighted by molar-refractivity contribution is -0.133. The van der Waals surface area contributed by atoms with Crippen LogP contribution in [0.2, 0.25) is 0 Å². The van der Waals surface area contributed by atoms with Crippen molar-refractivity contribution in [3.8, 4) is 27.6 Å². The Balaban J connectivity index is 1.76. The number of methoxy groups -OCH3 is 1. The number of rotatable bonds is 5. The van der Waals surface area contributed by atoms with E-state index in [0.717, 1.165) is 27.3 Å². The van der Waals surface area contributed by atoms with E-state index in [4.69, 9.17) is 4.74 Å². The van der Waals surface area contributed by atoms with Gasteiger partial charge in [0.15, 0.2) is 5.75 Å². The van der Waals surface area contributed by atoms with Gasteiger partial charge in [0, 0.05) is 60.9 Å². The van der Waals surface area contributed by atoms with E-state index in [1.165, 1.54) is 24.6 Å². The van der Waals surface area contributed by atoms with Crippen molar-refractivity contribution in [2.24, 2.45) is 5.92 Å². The van der Waals surface area contributed by atoms with E-state index in [0.29, 0.717) is 25.2 Å². The number of carbonyl (C=O) groups is 2. The Morgan fingerprint density at radius 1 is 1.23 bits per heavy atom. The van der Waals surface area contributed by atoms with Gasteiger partial charge >= 0.3 is 5.97 Å². The average molecular weight is 494 g/mol. The maximum Gasteiger partial charge on any atom is 0.341 e. The van der Waals surface area contributed by atoms with Crippen LogP contribution in [0.4, 0.5) is 0 Å². The van der Waals surface area contributed by atoms with Crippen LogP contribution in [0.3, 0.4) is 0 Å². The first-order chi connectivity index (χ1) is 16.7. The minimum atomic E-state index is -1.27. The number of fused-ring (bicyclic) bond motifs is 3. The van der Waals surface area contributed by atoms with E-state index in [-0.39, 0.29) is 35.1 Å². The minimum absolute atomic E-state index is 0.0423.